The molecule has 0 aromatic heterocycles. The lowest BCUT2D eigenvalue weighted by Crippen LogP contribution is -2.51. The molecule has 0 spiro atoms. The standard InChI is InChI=1S/C30H40N2O8/c1-8-20(2)26(32-28(34)40-30(3,4)5)27(33)31-15-16-38-29(35)39-23-13-11-21(12-14-23)9-10-22-17-24(36-6)19-25(18-22)37-7/h9-14,17-20,26H,8,15-16H2,1-7H3,(H,31,33)(H,32,34)/b10-9+. The first-order valence-electron chi connectivity index (χ1n) is 13.1. The Balaban J connectivity index is 1.81. The molecule has 2 atom stereocenters. The number of rotatable bonds is 12. The van der Waals surface area contributed by atoms with Crippen LogP contribution in [0.25, 0.3) is 12.2 Å². The van der Waals surface area contributed by atoms with Crippen molar-refractivity contribution in [2.24, 2.45) is 5.92 Å². The van der Waals surface area contributed by atoms with Crippen molar-refractivity contribution in [1.82, 2.24) is 10.6 Å². The van der Waals surface area contributed by atoms with Crippen LogP contribution in [-0.2, 0) is 14.3 Å². The molecule has 10 heteroatoms. The number of amides is 2. The first-order valence-corrected chi connectivity index (χ1v) is 13.1. The number of hydrogen-bond donors (Lipinski definition) is 2. The van der Waals surface area contributed by atoms with Gasteiger partial charge in [-0.15, -0.1) is 0 Å². The Morgan fingerprint density at radius 3 is 2.05 bits per heavy atom. The Morgan fingerprint density at radius 1 is 0.900 bits per heavy atom. The quantitative estimate of drug-likeness (QED) is 0.153. The van der Waals surface area contributed by atoms with Gasteiger partial charge in [-0.25, -0.2) is 9.59 Å². The van der Waals surface area contributed by atoms with E-state index in [-0.39, 0.29) is 19.1 Å². The van der Waals surface area contributed by atoms with E-state index in [1.807, 2.05) is 38.1 Å². The zero-order chi connectivity index (χ0) is 29.7. The van der Waals surface area contributed by atoms with Crippen molar-refractivity contribution in [3.8, 4) is 17.2 Å². The summed E-state index contributed by atoms with van der Waals surface area (Å²) in [7, 11) is 3.19. The van der Waals surface area contributed by atoms with Gasteiger partial charge in [0.15, 0.2) is 0 Å². The number of nitrogens with one attached hydrogen (secondary N) is 2. The average molecular weight is 557 g/mol. The Bertz CT molecular complexity index is 1130. The molecular weight excluding hydrogens is 516 g/mol. The van der Waals surface area contributed by atoms with Crippen molar-refractivity contribution in [1.29, 1.82) is 0 Å². The summed E-state index contributed by atoms with van der Waals surface area (Å²) in [4.78, 5) is 36.9. The van der Waals surface area contributed by atoms with Crippen LogP contribution >= 0.6 is 0 Å². The smallest absolute Gasteiger partial charge is 0.497 e. The largest absolute Gasteiger partial charge is 0.513 e. The summed E-state index contributed by atoms with van der Waals surface area (Å²) in [6, 6.07) is 11.7. The maximum absolute atomic E-state index is 12.6. The van der Waals surface area contributed by atoms with E-state index in [0.717, 1.165) is 11.1 Å². The van der Waals surface area contributed by atoms with E-state index in [4.69, 9.17) is 23.7 Å². The van der Waals surface area contributed by atoms with Gasteiger partial charge in [0.2, 0.25) is 5.91 Å². The van der Waals surface area contributed by atoms with Crippen molar-refractivity contribution in [3.05, 3.63) is 53.6 Å². The minimum Gasteiger partial charge on any atom is -0.497 e. The molecule has 0 radical (unpaired) electrons. The highest BCUT2D eigenvalue weighted by Crippen LogP contribution is 2.24. The predicted octanol–water partition coefficient (Wildman–Crippen LogP) is 5.45. The Hall–Kier alpha value is -4.21. The molecule has 10 nitrogen and oxygen atoms in total. The fourth-order valence-electron chi connectivity index (χ4n) is 3.45. The van der Waals surface area contributed by atoms with Gasteiger partial charge in [0.1, 0.15) is 35.5 Å². The van der Waals surface area contributed by atoms with Crippen LogP contribution in [0, 0.1) is 5.92 Å². The van der Waals surface area contributed by atoms with E-state index < -0.39 is 29.8 Å². The van der Waals surface area contributed by atoms with Crippen LogP contribution in [0.2, 0.25) is 0 Å². The van der Waals surface area contributed by atoms with Crippen LogP contribution in [-0.4, -0.2) is 57.2 Å². The number of hydrogen-bond acceptors (Lipinski definition) is 8. The van der Waals surface area contributed by atoms with Crippen molar-refractivity contribution in [2.45, 2.75) is 52.7 Å². The molecule has 218 valence electrons. The molecule has 0 saturated heterocycles. The van der Waals surface area contributed by atoms with Gasteiger partial charge < -0.3 is 34.3 Å². The van der Waals surface area contributed by atoms with Gasteiger partial charge in [-0.1, -0.05) is 44.6 Å². The monoisotopic (exact) mass is 556 g/mol. The fraction of sp³-hybridized carbons (Fsp3) is 0.433. The normalized spacial score (nSPS) is 12.7. The van der Waals surface area contributed by atoms with Gasteiger partial charge in [0.25, 0.3) is 0 Å². The Morgan fingerprint density at radius 2 is 1.50 bits per heavy atom. The molecule has 0 aliphatic heterocycles. The summed E-state index contributed by atoms with van der Waals surface area (Å²) in [6.07, 6.45) is 2.92. The molecule has 2 aromatic rings. The van der Waals surface area contributed by atoms with E-state index in [1.54, 1.807) is 65.3 Å². The van der Waals surface area contributed by atoms with Crippen molar-refractivity contribution >= 4 is 30.3 Å². The van der Waals surface area contributed by atoms with Crippen LogP contribution in [0.15, 0.2) is 42.5 Å². The number of methoxy groups -OCH3 is 2. The second kappa shape index (κ2) is 15.4. The van der Waals surface area contributed by atoms with Crippen LogP contribution in [0.3, 0.4) is 0 Å². The number of carbonyl (C=O) groups is 3. The summed E-state index contributed by atoms with van der Waals surface area (Å²) in [5.74, 6) is 1.16. The highest BCUT2D eigenvalue weighted by atomic mass is 16.7. The number of alkyl carbamates (subject to hydrolysis) is 1. The second-order valence-corrected chi connectivity index (χ2v) is 10.0. The second-order valence-electron chi connectivity index (χ2n) is 10.0. The molecule has 0 bridgehead atoms. The van der Waals surface area contributed by atoms with Crippen LogP contribution in [0.5, 0.6) is 17.2 Å². The van der Waals surface area contributed by atoms with Crippen molar-refractivity contribution in [2.75, 3.05) is 27.4 Å². The third-order valence-corrected chi connectivity index (χ3v) is 5.71. The maximum atomic E-state index is 12.6. The molecule has 2 unspecified atom stereocenters. The molecular formula is C30H40N2O8. The van der Waals surface area contributed by atoms with E-state index in [9.17, 15) is 14.4 Å². The first kappa shape index (κ1) is 32.0. The molecule has 2 N–H and O–H groups in total. The zero-order valence-electron chi connectivity index (χ0n) is 24.2. The Labute approximate surface area is 236 Å². The van der Waals surface area contributed by atoms with E-state index in [2.05, 4.69) is 10.6 Å². The molecule has 40 heavy (non-hydrogen) atoms. The van der Waals surface area contributed by atoms with Gasteiger partial charge in [-0.3, -0.25) is 4.79 Å². The summed E-state index contributed by atoms with van der Waals surface area (Å²) in [5, 5.41) is 5.29. The lowest BCUT2D eigenvalue weighted by Gasteiger charge is -2.26. The summed E-state index contributed by atoms with van der Waals surface area (Å²) in [6.45, 7) is 8.95. The van der Waals surface area contributed by atoms with E-state index >= 15 is 0 Å². The lowest BCUT2D eigenvalue weighted by molar-refractivity contribution is -0.124. The minimum absolute atomic E-state index is 0.0512. The van der Waals surface area contributed by atoms with Gasteiger partial charge in [-0.2, -0.15) is 0 Å². The summed E-state index contributed by atoms with van der Waals surface area (Å²) < 4.78 is 26.1. The number of carbonyl (C=O) groups excluding carboxylic acids is 3. The highest BCUT2D eigenvalue weighted by molar-refractivity contribution is 5.86. The first-order chi connectivity index (χ1) is 18.9. The molecule has 2 amide bonds. The molecule has 0 heterocycles. The average Bonchev–Trinajstić information content (AvgIpc) is 2.91. The molecule has 2 rings (SSSR count). The van der Waals surface area contributed by atoms with Crippen molar-refractivity contribution < 1.29 is 38.1 Å². The third kappa shape index (κ3) is 11.3. The number of ether oxygens (including phenoxy) is 5. The number of benzene rings is 2. The SMILES string of the molecule is CCC(C)C(NC(=O)OC(C)(C)C)C(=O)NCCOC(=O)Oc1ccc(/C=C/c2cc(OC)cc(OC)c2)cc1. The fourth-order valence-corrected chi connectivity index (χ4v) is 3.45. The maximum Gasteiger partial charge on any atom is 0.513 e. The highest BCUT2D eigenvalue weighted by Gasteiger charge is 2.28. The molecule has 2 aromatic carbocycles. The van der Waals surface area contributed by atoms with Gasteiger partial charge in [0.05, 0.1) is 20.8 Å². The minimum atomic E-state index is -0.897. The molecule has 0 fully saturated rings. The molecule has 0 aliphatic rings. The topological polar surface area (TPSA) is 121 Å². The molecule has 0 aliphatic carbocycles. The zero-order valence-corrected chi connectivity index (χ0v) is 24.2. The predicted molar refractivity (Wildman–Crippen MR) is 153 cm³/mol. The van der Waals surface area contributed by atoms with Crippen LogP contribution in [0.1, 0.15) is 52.2 Å². The van der Waals surface area contributed by atoms with Gasteiger partial charge in [0, 0.05) is 6.07 Å². The molecule has 0 saturated carbocycles. The lowest BCUT2D eigenvalue weighted by atomic mass is 9.98. The van der Waals surface area contributed by atoms with Crippen molar-refractivity contribution in [3.63, 3.8) is 0 Å². The summed E-state index contributed by atoms with van der Waals surface area (Å²) >= 11 is 0. The van der Waals surface area contributed by atoms with Gasteiger partial charge in [-0.05, 0) is 62.1 Å². The Kier molecular flexibility index (Phi) is 12.3. The van der Waals surface area contributed by atoms with E-state index in [1.165, 1.54) is 0 Å². The van der Waals surface area contributed by atoms with Crippen LogP contribution < -0.4 is 24.8 Å². The summed E-state index contributed by atoms with van der Waals surface area (Å²) in [5.41, 5.74) is 1.11. The van der Waals surface area contributed by atoms with E-state index in [0.29, 0.717) is 23.7 Å². The van der Waals surface area contributed by atoms with Gasteiger partial charge >= 0.3 is 12.2 Å². The van der Waals surface area contributed by atoms with Crippen LogP contribution in [0.4, 0.5) is 9.59 Å². The third-order valence-electron chi connectivity index (χ3n) is 5.71.